The fourth-order valence-electron chi connectivity index (χ4n) is 1.04. The van der Waals surface area contributed by atoms with Crippen LogP contribution in [0.25, 0.3) is 0 Å². The van der Waals surface area contributed by atoms with Crippen molar-refractivity contribution in [1.82, 2.24) is 0 Å². The van der Waals surface area contributed by atoms with E-state index in [9.17, 15) is 0 Å². The molecule has 0 aliphatic rings. The molecule has 1 aromatic carbocycles. The van der Waals surface area contributed by atoms with Gasteiger partial charge in [-0.1, -0.05) is 53.7 Å². The minimum atomic E-state index is 0.246. The van der Waals surface area contributed by atoms with Crippen LogP contribution in [0.2, 0.25) is 0 Å². The lowest BCUT2D eigenvalue weighted by molar-refractivity contribution is 0.173. The van der Waals surface area contributed by atoms with Gasteiger partial charge in [-0.25, -0.2) is 5.90 Å². The highest BCUT2D eigenvalue weighted by atomic mass is 16.6. The molecule has 1 rings (SSSR count). The van der Waals surface area contributed by atoms with Crippen LogP contribution in [0.4, 0.5) is 0 Å². The summed E-state index contributed by atoms with van der Waals surface area (Å²) in [5, 5.41) is 0. The molecule has 0 atom stereocenters. The molecule has 0 aromatic heterocycles. The van der Waals surface area contributed by atoms with Gasteiger partial charge in [-0.05, 0) is 12.1 Å². The van der Waals surface area contributed by atoms with Gasteiger partial charge in [0.05, 0.1) is 12.8 Å². The number of nitrogens with two attached hydrogens (primary N) is 1. The topological polar surface area (TPSA) is 35.2 Å². The summed E-state index contributed by atoms with van der Waals surface area (Å²) in [6.07, 6.45) is 1.08. The standard InChI is InChI=1S/C15H13NO/c16-17-14-10-5-3-1-2-4-7-11-15-12-8-6-9-13-15/h6,8-9,12-13H,3-4,14,16H2. The molecule has 0 bridgehead atoms. The summed E-state index contributed by atoms with van der Waals surface area (Å²) in [6, 6.07) is 9.84. The molecule has 2 nitrogen and oxygen atoms in total. The predicted molar refractivity (Wildman–Crippen MR) is 68.2 cm³/mol. The molecule has 0 saturated heterocycles. The van der Waals surface area contributed by atoms with Gasteiger partial charge >= 0.3 is 0 Å². The van der Waals surface area contributed by atoms with Gasteiger partial charge in [0.1, 0.15) is 6.61 Å². The van der Waals surface area contributed by atoms with Crippen molar-refractivity contribution in [3.63, 3.8) is 0 Å². The Morgan fingerprint density at radius 2 is 1.53 bits per heavy atom. The summed E-state index contributed by atoms with van der Waals surface area (Å²) < 4.78 is 0. The van der Waals surface area contributed by atoms with E-state index in [0.29, 0.717) is 12.8 Å². The smallest absolute Gasteiger partial charge is 0.128 e. The Morgan fingerprint density at radius 3 is 2.24 bits per heavy atom. The summed E-state index contributed by atoms with van der Waals surface area (Å²) in [6.45, 7) is 0.246. The normalized spacial score (nSPS) is 7.82. The van der Waals surface area contributed by atoms with E-state index in [0.717, 1.165) is 5.56 Å². The van der Waals surface area contributed by atoms with Crippen molar-refractivity contribution >= 4 is 0 Å². The maximum absolute atomic E-state index is 4.81. The monoisotopic (exact) mass is 223 g/mol. The van der Waals surface area contributed by atoms with Gasteiger partial charge in [-0.3, -0.25) is 4.84 Å². The van der Waals surface area contributed by atoms with Gasteiger partial charge in [0.25, 0.3) is 0 Å². The van der Waals surface area contributed by atoms with Crippen molar-refractivity contribution in [2.75, 3.05) is 6.61 Å². The molecule has 0 fully saturated rings. The molecule has 0 unspecified atom stereocenters. The van der Waals surface area contributed by atoms with Crippen LogP contribution in [0.1, 0.15) is 18.4 Å². The fraction of sp³-hybridized carbons (Fsp3) is 0.200. The van der Waals surface area contributed by atoms with E-state index < -0.39 is 0 Å². The average Bonchev–Trinajstić information content (AvgIpc) is 2.38. The largest absolute Gasteiger partial charge is 0.292 e. The van der Waals surface area contributed by atoms with E-state index in [1.165, 1.54) is 0 Å². The van der Waals surface area contributed by atoms with E-state index in [2.05, 4.69) is 40.4 Å². The molecule has 0 aliphatic heterocycles. The van der Waals surface area contributed by atoms with E-state index >= 15 is 0 Å². The number of hydrogen-bond acceptors (Lipinski definition) is 2. The van der Waals surface area contributed by atoms with Gasteiger partial charge in [0, 0.05) is 5.56 Å². The lowest BCUT2D eigenvalue weighted by Crippen LogP contribution is -1.97. The SMILES string of the molecule is NOCC#CCC#CCC#Cc1ccccc1. The van der Waals surface area contributed by atoms with E-state index in [-0.39, 0.29) is 6.61 Å². The maximum Gasteiger partial charge on any atom is 0.128 e. The second-order valence-corrected chi connectivity index (χ2v) is 3.04. The molecule has 0 saturated carbocycles. The van der Waals surface area contributed by atoms with E-state index in [4.69, 9.17) is 5.90 Å². The first-order valence-electron chi connectivity index (χ1n) is 5.20. The molecule has 0 spiro atoms. The van der Waals surface area contributed by atoms with Crippen LogP contribution in [0, 0.1) is 35.5 Å². The molecule has 0 radical (unpaired) electrons. The van der Waals surface area contributed by atoms with E-state index in [1.54, 1.807) is 0 Å². The highest BCUT2D eigenvalue weighted by Gasteiger charge is 1.79. The van der Waals surface area contributed by atoms with Crippen molar-refractivity contribution in [2.24, 2.45) is 5.90 Å². The summed E-state index contributed by atoms with van der Waals surface area (Å²) in [4.78, 5) is 4.29. The summed E-state index contributed by atoms with van der Waals surface area (Å²) in [5.74, 6) is 22.2. The molecule has 0 heterocycles. The third-order valence-corrected chi connectivity index (χ3v) is 1.77. The molecule has 0 aliphatic carbocycles. The molecular weight excluding hydrogens is 210 g/mol. The molecular formula is C15H13NO. The Kier molecular flexibility index (Phi) is 6.88. The third-order valence-electron chi connectivity index (χ3n) is 1.77. The van der Waals surface area contributed by atoms with Crippen LogP contribution in [0.3, 0.4) is 0 Å². The van der Waals surface area contributed by atoms with Gasteiger partial charge in [0.15, 0.2) is 0 Å². The van der Waals surface area contributed by atoms with Crippen LogP contribution in [-0.2, 0) is 4.84 Å². The van der Waals surface area contributed by atoms with Crippen molar-refractivity contribution in [2.45, 2.75) is 12.8 Å². The number of benzene rings is 1. The van der Waals surface area contributed by atoms with Crippen LogP contribution in [0.15, 0.2) is 30.3 Å². The first-order valence-corrected chi connectivity index (χ1v) is 5.20. The summed E-state index contributed by atoms with van der Waals surface area (Å²) >= 11 is 0. The zero-order chi connectivity index (χ0) is 12.2. The molecule has 1 aromatic rings. The van der Waals surface area contributed by atoms with Crippen molar-refractivity contribution in [3.8, 4) is 35.5 Å². The molecule has 2 heteroatoms. The van der Waals surface area contributed by atoms with Crippen LogP contribution >= 0.6 is 0 Å². The fourth-order valence-corrected chi connectivity index (χ4v) is 1.04. The first kappa shape index (κ1) is 12.9. The maximum atomic E-state index is 4.81. The Labute approximate surface area is 102 Å². The first-order chi connectivity index (χ1) is 8.43. The van der Waals surface area contributed by atoms with Gasteiger partial charge in [0.2, 0.25) is 0 Å². The van der Waals surface area contributed by atoms with Gasteiger partial charge < -0.3 is 0 Å². The van der Waals surface area contributed by atoms with Crippen LogP contribution in [-0.4, -0.2) is 6.61 Å². The zero-order valence-corrected chi connectivity index (χ0v) is 9.49. The Bertz CT molecular complexity index is 500. The van der Waals surface area contributed by atoms with Gasteiger partial charge in [-0.2, -0.15) is 0 Å². The van der Waals surface area contributed by atoms with E-state index in [1.807, 2.05) is 30.3 Å². The van der Waals surface area contributed by atoms with Crippen LogP contribution in [0.5, 0.6) is 0 Å². The second-order valence-electron chi connectivity index (χ2n) is 3.04. The van der Waals surface area contributed by atoms with Crippen molar-refractivity contribution in [3.05, 3.63) is 35.9 Å². The minimum Gasteiger partial charge on any atom is -0.292 e. The summed E-state index contributed by atoms with van der Waals surface area (Å²) in [7, 11) is 0. The minimum absolute atomic E-state index is 0.246. The lowest BCUT2D eigenvalue weighted by Gasteiger charge is -1.84. The number of rotatable bonds is 1. The Morgan fingerprint density at radius 1 is 0.882 bits per heavy atom. The highest BCUT2D eigenvalue weighted by Crippen LogP contribution is 1.94. The van der Waals surface area contributed by atoms with Gasteiger partial charge in [-0.15, -0.1) is 0 Å². The highest BCUT2D eigenvalue weighted by molar-refractivity contribution is 5.34. The van der Waals surface area contributed by atoms with Crippen molar-refractivity contribution in [1.29, 1.82) is 0 Å². The molecule has 84 valence electrons. The predicted octanol–water partition coefficient (Wildman–Crippen LogP) is 1.72. The van der Waals surface area contributed by atoms with Crippen molar-refractivity contribution < 1.29 is 4.84 Å². The lowest BCUT2D eigenvalue weighted by atomic mass is 10.2. The molecule has 0 amide bonds. The van der Waals surface area contributed by atoms with Crippen LogP contribution < -0.4 is 5.90 Å². The zero-order valence-electron chi connectivity index (χ0n) is 9.49. The Balaban J connectivity index is 2.27. The second kappa shape index (κ2) is 9.08. The molecule has 17 heavy (non-hydrogen) atoms. The average molecular weight is 223 g/mol. The Hall–Kier alpha value is -2.18. The molecule has 2 N–H and O–H groups in total. The summed E-state index contributed by atoms with van der Waals surface area (Å²) in [5.41, 5.74) is 1.01. The number of hydrogen-bond donors (Lipinski definition) is 1. The quantitative estimate of drug-likeness (QED) is 0.581. The third kappa shape index (κ3) is 6.82.